The average molecular weight is 528 g/mol. The zero-order chi connectivity index (χ0) is 25.9. The monoisotopic (exact) mass is 527 g/mol. The van der Waals surface area contributed by atoms with Gasteiger partial charge in [-0.25, -0.2) is 22.3 Å². The maximum Gasteiger partial charge on any atom is 0.346 e. The molecule has 0 amide bonds. The number of halogens is 2. The molecule has 0 atom stereocenters. The van der Waals surface area contributed by atoms with Gasteiger partial charge in [0, 0.05) is 28.8 Å². The molecule has 4 rings (SSSR count). The van der Waals surface area contributed by atoms with Gasteiger partial charge in [0.15, 0.2) is 21.4 Å². The fourth-order valence-electron chi connectivity index (χ4n) is 3.89. The molecule has 1 heterocycles. The Hall–Kier alpha value is -3.56. The second kappa shape index (κ2) is 10.6. The van der Waals surface area contributed by atoms with Crippen molar-refractivity contribution in [2.45, 2.75) is 30.8 Å². The van der Waals surface area contributed by atoms with Crippen molar-refractivity contribution in [3.63, 3.8) is 0 Å². The zero-order valence-corrected chi connectivity index (χ0v) is 21.0. The quantitative estimate of drug-likeness (QED) is 0.326. The van der Waals surface area contributed by atoms with Gasteiger partial charge >= 0.3 is 5.69 Å². The summed E-state index contributed by atoms with van der Waals surface area (Å²) in [5.74, 6) is -0.478. The molecule has 0 N–H and O–H groups in total. The van der Waals surface area contributed by atoms with Gasteiger partial charge in [-0.2, -0.15) is 0 Å². The molecule has 36 heavy (non-hydrogen) atoms. The lowest BCUT2D eigenvalue weighted by molar-refractivity contribution is -0.119. The standard InChI is InChI=1S/C26H23ClFN3O4S/c1-36(34,35)24-9-5-3-6-18(24)12-15-22(32)17-31-26(33)30(16-20-7-2-4-8-23(20)28)25(29-31)19-10-13-21(27)14-11-19/h2-11,13-14H,12,15-17H2,1H3. The molecule has 186 valence electrons. The third kappa shape index (κ3) is 5.80. The molecule has 0 aliphatic rings. The van der Waals surface area contributed by atoms with Crippen LogP contribution in [0, 0.1) is 5.82 Å². The van der Waals surface area contributed by atoms with Crippen LogP contribution in [0.1, 0.15) is 17.5 Å². The lowest BCUT2D eigenvalue weighted by atomic mass is 10.1. The fourth-order valence-corrected chi connectivity index (χ4v) is 4.99. The van der Waals surface area contributed by atoms with Gasteiger partial charge in [-0.1, -0.05) is 48.0 Å². The number of benzene rings is 3. The highest BCUT2D eigenvalue weighted by Gasteiger charge is 2.19. The predicted octanol–water partition coefficient (Wildman–Crippen LogP) is 4.16. The van der Waals surface area contributed by atoms with Gasteiger partial charge in [0.1, 0.15) is 12.4 Å². The van der Waals surface area contributed by atoms with Gasteiger partial charge < -0.3 is 0 Å². The second-order valence-corrected chi connectivity index (χ2v) is 10.8. The predicted molar refractivity (Wildman–Crippen MR) is 135 cm³/mol. The third-order valence-electron chi connectivity index (χ3n) is 5.68. The minimum atomic E-state index is -3.44. The Morgan fingerprint density at radius 2 is 1.61 bits per heavy atom. The number of sulfone groups is 1. The Kier molecular flexibility index (Phi) is 7.51. The number of aryl methyl sites for hydroxylation is 1. The molecule has 7 nitrogen and oxygen atoms in total. The molecule has 10 heteroatoms. The van der Waals surface area contributed by atoms with E-state index < -0.39 is 21.3 Å². The molecule has 0 aliphatic carbocycles. The van der Waals surface area contributed by atoms with Crippen LogP contribution in [0.2, 0.25) is 5.02 Å². The summed E-state index contributed by atoms with van der Waals surface area (Å²) in [5.41, 5.74) is 0.861. The first-order chi connectivity index (χ1) is 17.1. The summed E-state index contributed by atoms with van der Waals surface area (Å²) in [6.07, 6.45) is 1.35. The molecule has 0 unspecified atom stereocenters. The molecule has 3 aromatic carbocycles. The number of rotatable bonds is 9. The summed E-state index contributed by atoms with van der Waals surface area (Å²) >= 11 is 5.99. The molecule has 4 aromatic rings. The van der Waals surface area contributed by atoms with Crippen molar-refractivity contribution in [2.75, 3.05) is 6.26 Å². The SMILES string of the molecule is CS(=O)(=O)c1ccccc1CCC(=O)Cn1nc(-c2ccc(Cl)cc2)n(Cc2ccccc2F)c1=O. The molecule has 0 saturated heterocycles. The van der Waals surface area contributed by atoms with E-state index in [-0.39, 0.29) is 42.4 Å². The van der Waals surface area contributed by atoms with Crippen molar-refractivity contribution in [3.8, 4) is 11.4 Å². The van der Waals surface area contributed by atoms with Gasteiger partial charge in [0.05, 0.1) is 11.4 Å². The molecule has 0 saturated carbocycles. The highest BCUT2D eigenvalue weighted by atomic mass is 35.5. The molecule has 0 spiro atoms. The summed E-state index contributed by atoms with van der Waals surface area (Å²) in [5, 5.41) is 4.88. The molecular weight excluding hydrogens is 505 g/mol. The highest BCUT2D eigenvalue weighted by Crippen LogP contribution is 2.21. The molecule has 0 aliphatic heterocycles. The molecule has 1 aromatic heterocycles. The molecule has 0 fully saturated rings. The van der Waals surface area contributed by atoms with Crippen LogP contribution in [0.4, 0.5) is 4.39 Å². The number of carbonyl (C=O) groups is 1. The van der Waals surface area contributed by atoms with E-state index in [4.69, 9.17) is 11.6 Å². The van der Waals surface area contributed by atoms with Gasteiger partial charge in [0.25, 0.3) is 0 Å². The average Bonchev–Trinajstić information content (AvgIpc) is 3.14. The van der Waals surface area contributed by atoms with Crippen molar-refractivity contribution in [3.05, 3.63) is 105 Å². The molecule has 0 radical (unpaired) electrons. The van der Waals surface area contributed by atoms with Crippen molar-refractivity contribution in [1.82, 2.24) is 14.3 Å². The number of Topliss-reactive ketones (excluding diaryl/α,β-unsaturated/α-hetero) is 1. The van der Waals surface area contributed by atoms with Crippen molar-refractivity contribution in [2.24, 2.45) is 0 Å². The van der Waals surface area contributed by atoms with E-state index >= 15 is 0 Å². The van der Waals surface area contributed by atoms with E-state index in [0.29, 0.717) is 21.7 Å². The van der Waals surface area contributed by atoms with Crippen molar-refractivity contribution in [1.29, 1.82) is 0 Å². The first-order valence-electron chi connectivity index (χ1n) is 11.1. The van der Waals surface area contributed by atoms with Crippen LogP contribution in [0.15, 0.2) is 82.5 Å². The van der Waals surface area contributed by atoms with Crippen LogP contribution in [0.3, 0.4) is 0 Å². The van der Waals surface area contributed by atoms with Crippen LogP contribution in [-0.2, 0) is 34.1 Å². The normalized spacial score (nSPS) is 11.5. The number of nitrogens with zero attached hydrogens (tertiary/aromatic N) is 3. The molecule has 0 bridgehead atoms. The number of aromatic nitrogens is 3. The highest BCUT2D eigenvalue weighted by molar-refractivity contribution is 7.90. The van der Waals surface area contributed by atoms with E-state index in [1.165, 1.54) is 16.7 Å². The van der Waals surface area contributed by atoms with Crippen LogP contribution in [0.5, 0.6) is 0 Å². The minimum Gasteiger partial charge on any atom is -0.298 e. The summed E-state index contributed by atoms with van der Waals surface area (Å²) in [6, 6.07) is 19.3. The number of carbonyl (C=O) groups excluding carboxylic acids is 1. The van der Waals surface area contributed by atoms with Crippen molar-refractivity contribution < 1.29 is 17.6 Å². The summed E-state index contributed by atoms with van der Waals surface area (Å²) in [4.78, 5) is 26.2. The van der Waals surface area contributed by atoms with Crippen LogP contribution >= 0.6 is 11.6 Å². The number of hydrogen-bond donors (Lipinski definition) is 0. The maximum absolute atomic E-state index is 14.3. The lowest BCUT2D eigenvalue weighted by Crippen LogP contribution is -2.28. The zero-order valence-electron chi connectivity index (χ0n) is 19.4. The topological polar surface area (TPSA) is 91.0 Å². The van der Waals surface area contributed by atoms with E-state index in [2.05, 4.69) is 5.10 Å². The first kappa shape index (κ1) is 25.5. The van der Waals surface area contributed by atoms with E-state index in [9.17, 15) is 22.4 Å². The van der Waals surface area contributed by atoms with E-state index in [0.717, 1.165) is 10.9 Å². The first-order valence-corrected chi connectivity index (χ1v) is 13.4. The largest absolute Gasteiger partial charge is 0.346 e. The van der Waals surface area contributed by atoms with Crippen LogP contribution in [-0.4, -0.2) is 34.8 Å². The summed E-state index contributed by atoms with van der Waals surface area (Å²) in [6.45, 7) is -0.371. The van der Waals surface area contributed by atoms with Gasteiger partial charge in [-0.15, -0.1) is 5.10 Å². The summed E-state index contributed by atoms with van der Waals surface area (Å²) in [7, 11) is -3.44. The Labute approximate surface area is 212 Å². The lowest BCUT2D eigenvalue weighted by Gasteiger charge is -2.07. The van der Waals surface area contributed by atoms with Crippen LogP contribution < -0.4 is 5.69 Å². The third-order valence-corrected chi connectivity index (χ3v) is 7.13. The maximum atomic E-state index is 14.3. The Bertz CT molecular complexity index is 1580. The van der Waals surface area contributed by atoms with Gasteiger partial charge in [-0.05, 0) is 48.4 Å². The minimum absolute atomic E-state index is 0.0232. The number of ketones is 1. The van der Waals surface area contributed by atoms with E-state index in [1.54, 1.807) is 60.7 Å². The Balaban J connectivity index is 1.61. The Morgan fingerprint density at radius 1 is 0.972 bits per heavy atom. The van der Waals surface area contributed by atoms with Gasteiger partial charge in [-0.3, -0.25) is 9.36 Å². The second-order valence-electron chi connectivity index (χ2n) is 8.37. The number of hydrogen-bond acceptors (Lipinski definition) is 5. The van der Waals surface area contributed by atoms with E-state index in [1.807, 2.05) is 0 Å². The van der Waals surface area contributed by atoms with Gasteiger partial charge in [0.2, 0.25) is 0 Å². The summed E-state index contributed by atoms with van der Waals surface area (Å²) < 4.78 is 40.7. The van der Waals surface area contributed by atoms with Crippen molar-refractivity contribution >= 4 is 27.2 Å². The Morgan fingerprint density at radius 3 is 2.28 bits per heavy atom. The molecular formula is C26H23ClFN3O4S. The fraction of sp³-hybridized carbons (Fsp3) is 0.192. The smallest absolute Gasteiger partial charge is 0.298 e. The van der Waals surface area contributed by atoms with Crippen LogP contribution in [0.25, 0.3) is 11.4 Å².